The highest BCUT2D eigenvalue weighted by molar-refractivity contribution is 7.89. The molecule has 4 nitrogen and oxygen atoms in total. The Morgan fingerprint density at radius 3 is 2.00 bits per heavy atom. The Morgan fingerprint density at radius 1 is 1.25 bits per heavy atom. The average molecular weight is 251 g/mol. The second-order valence-corrected chi connectivity index (χ2v) is 7.15. The highest BCUT2D eigenvalue weighted by Gasteiger charge is 2.26. The van der Waals surface area contributed by atoms with E-state index in [0.29, 0.717) is 0 Å². The first-order valence-corrected chi connectivity index (χ1v) is 7.39. The molecule has 0 aromatic heterocycles. The Bertz CT molecular complexity index is 289. The molecule has 16 heavy (non-hydrogen) atoms. The summed E-state index contributed by atoms with van der Waals surface area (Å²) < 4.78 is 25.2. The summed E-state index contributed by atoms with van der Waals surface area (Å²) in [5.74, 6) is 0.376. The molecule has 0 aliphatic heterocycles. The summed E-state index contributed by atoms with van der Waals surface area (Å²) in [6.45, 7) is 7.35. The topological polar surface area (TPSA) is 57.6 Å². The lowest BCUT2D eigenvalue weighted by molar-refractivity contribution is 0.0639. The van der Waals surface area contributed by atoms with Crippen LogP contribution in [-0.4, -0.2) is 42.8 Å². The maximum atomic E-state index is 12.0. The van der Waals surface area contributed by atoms with Crippen molar-refractivity contribution in [1.82, 2.24) is 4.31 Å². The van der Waals surface area contributed by atoms with Gasteiger partial charge in [-0.05, 0) is 19.8 Å². The third-order valence-corrected chi connectivity index (χ3v) is 4.66. The molecule has 1 N–H and O–H groups in total. The fraction of sp³-hybridized carbons (Fsp3) is 1.00. The standard InChI is InChI=1S/C11H25NO3S/c1-6-10(7-2)8-16(14,15)12(5)9-11(3,4)13/h10,13H,6-9H2,1-5H3. The zero-order chi connectivity index (χ0) is 13.0. The third kappa shape index (κ3) is 5.82. The predicted molar refractivity (Wildman–Crippen MR) is 66.8 cm³/mol. The van der Waals surface area contributed by atoms with Gasteiger partial charge in [0.25, 0.3) is 0 Å². The minimum absolute atomic E-state index is 0.134. The van der Waals surface area contributed by atoms with Crippen molar-refractivity contribution in [3.05, 3.63) is 0 Å². The summed E-state index contributed by atoms with van der Waals surface area (Å²) in [4.78, 5) is 0. The third-order valence-electron chi connectivity index (χ3n) is 2.69. The predicted octanol–water partition coefficient (Wildman–Crippen LogP) is 1.46. The van der Waals surface area contributed by atoms with Crippen LogP contribution in [0.25, 0.3) is 0 Å². The van der Waals surface area contributed by atoms with Crippen molar-refractivity contribution in [2.24, 2.45) is 5.92 Å². The van der Waals surface area contributed by atoms with Crippen LogP contribution in [0.4, 0.5) is 0 Å². The molecule has 0 aromatic carbocycles. The van der Waals surface area contributed by atoms with Crippen LogP contribution >= 0.6 is 0 Å². The molecule has 0 saturated carbocycles. The molecule has 0 saturated heterocycles. The first-order valence-electron chi connectivity index (χ1n) is 5.78. The van der Waals surface area contributed by atoms with E-state index in [4.69, 9.17) is 0 Å². The summed E-state index contributed by atoms with van der Waals surface area (Å²) in [5, 5.41) is 9.59. The molecule has 0 bridgehead atoms. The van der Waals surface area contributed by atoms with Gasteiger partial charge < -0.3 is 5.11 Å². The number of aliphatic hydroxyl groups is 1. The molecule has 0 radical (unpaired) electrons. The molecule has 0 heterocycles. The van der Waals surface area contributed by atoms with Crippen LogP contribution in [0.5, 0.6) is 0 Å². The van der Waals surface area contributed by atoms with Crippen molar-refractivity contribution >= 4 is 10.0 Å². The van der Waals surface area contributed by atoms with Gasteiger partial charge in [0.2, 0.25) is 10.0 Å². The van der Waals surface area contributed by atoms with Crippen molar-refractivity contribution in [3.8, 4) is 0 Å². The minimum atomic E-state index is -3.24. The fourth-order valence-electron chi connectivity index (χ4n) is 1.59. The highest BCUT2D eigenvalue weighted by Crippen LogP contribution is 2.15. The number of likely N-dealkylation sites (N-methyl/N-ethyl adjacent to an activating group) is 1. The molecule has 0 aliphatic rings. The van der Waals surface area contributed by atoms with Gasteiger partial charge in [0.05, 0.1) is 11.4 Å². The van der Waals surface area contributed by atoms with Crippen molar-refractivity contribution in [3.63, 3.8) is 0 Å². The summed E-state index contributed by atoms with van der Waals surface area (Å²) in [6.07, 6.45) is 1.73. The van der Waals surface area contributed by atoms with E-state index in [1.807, 2.05) is 13.8 Å². The molecule has 0 aromatic rings. The first-order chi connectivity index (χ1) is 7.12. The highest BCUT2D eigenvalue weighted by atomic mass is 32.2. The Balaban J connectivity index is 4.55. The maximum absolute atomic E-state index is 12.0. The van der Waals surface area contributed by atoms with E-state index in [1.54, 1.807) is 13.8 Å². The number of rotatable bonds is 7. The molecular formula is C11H25NO3S. The molecule has 98 valence electrons. The van der Waals surface area contributed by atoms with E-state index < -0.39 is 15.6 Å². The van der Waals surface area contributed by atoms with E-state index in [1.165, 1.54) is 11.4 Å². The Morgan fingerprint density at radius 2 is 1.69 bits per heavy atom. The fourth-order valence-corrected chi connectivity index (χ4v) is 3.43. The lowest BCUT2D eigenvalue weighted by Gasteiger charge is -2.26. The number of hydrogen-bond acceptors (Lipinski definition) is 3. The number of sulfonamides is 1. The van der Waals surface area contributed by atoms with Gasteiger partial charge in [0, 0.05) is 13.6 Å². The van der Waals surface area contributed by atoms with Crippen LogP contribution in [0, 0.1) is 5.92 Å². The molecule has 0 atom stereocenters. The summed E-state index contributed by atoms with van der Waals surface area (Å²) in [6, 6.07) is 0. The number of hydrogen-bond donors (Lipinski definition) is 1. The van der Waals surface area contributed by atoms with E-state index in [0.717, 1.165) is 12.8 Å². The van der Waals surface area contributed by atoms with Gasteiger partial charge in [-0.25, -0.2) is 12.7 Å². The smallest absolute Gasteiger partial charge is 0.214 e. The lowest BCUT2D eigenvalue weighted by atomic mass is 10.1. The SMILES string of the molecule is CCC(CC)CS(=O)(=O)N(C)CC(C)(C)O. The van der Waals surface area contributed by atoms with E-state index >= 15 is 0 Å². The quantitative estimate of drug-likeness (QED) is 0.745. The van der Waals surface area contributed by atoms with Crippen molar-refractivity contribution in [1.29, 1.82) is 0 Å². The molecule has 0 amide bonds. The molecule has 0 rings (SSSR count). The summed E-state index contributed by atoms with van der Waals surface area (Å²) in [7, 11) is -1.72. The Hall–Kier alpha value is -0.130. The second-order valence-electron chi connectivity index (χ2n) is 5.03. The van der Waals surface area contributed by atoms with Crippen LogP contribution in [0.3, 0.4) is 0 Å². The molecular weight excluding hydrogens is 226 g/mol. The van der Waals surface area contributed by atoms with Crippen molar-refractivity contribution < 1.29 is 13.5 Å². The number of nitrogens with zero attached hydrogens (tertiary/aromatic N) is 1. The minimum Gasteiger partial charge on any atom is -0.389 e. The molecule has 0 aliphatic carbocycles. The second kappa shape index (κ2) is 5.98. The first kappa shape index (κ1) is 15.9. The van der Waals surface area contributed by atoms with E-state index in [-0.39, 0.29) is 18.2 Å². The van der Waals surface area contributed by atoms with Crippen LogP contribution < -0.4 is 0 Å². The van der Waals surface area contributed by atoms with Crippen LogP contribution in [0.2, 0.25) is 0 Å². The van der Waals surface area contributed by atoms with Crippen LogP contribution in [0.1, 0.15) is 40.5 Å². The lowest BCUT2D eigenvalue weighted by Crippen LogP contribution is -2.41. The average Bonchev–Trinajstić information content (AvgIpc) is 2.11. The molecule has 0 unspecified atom stereocenters. The van der Waals surface area contributed by atoms with Gasteiger partial charge >= 0.3 is 0 Å². The molecule has 0 fully saturated rings. The van der Waals surface area contributed by atoms with Gasteiger partial charge in [-0.3, -0.25) is 0 Å². The summed E-state index contributed by atoms with van der Waals surface area (Å²) >= 11 is 0. The largest absolute Gasteiger partial charge is 0.389 e. The summed E-state index contributed by atoms with van der Waals surface area (Å²) in [5.41, 5.74) is -0.990. The molecule has 5 heteroatoms. The van der Waals surface area contributed by atoms with Gasteiger partial charge in [0.15, 0.2) is 0 Å². The maximum Gasteiger partial charge on any atom is 0.214 e. The van der Waals surface area contributed by atoms with Crippen molar-refractivity contribution in [2.75, 3.05) is 19.3 Å². The van der Waals surface area contributed by atoms with Gasteiger partial charge in [0.1, 0.15) is 0 Å². The zero-order valence-electron chi connectivity index (χ0n) is 11.0. The Labute approximate surface area is 99.7 Å². The van der Waals surface area contributed by atoms with Crippen LogP contribution in [0.15, 0.2) is 0 Å². The monoisotopic (exact) mass is 251 g/mol. The van der Waals surface area contributed by atoms with Gasteiger partial charge in [-0.2, -0.15) is 0 Å². The normalized spacial score (nSPS) is 13.8. The Kier molecular flexibility index (Phi) is 5.93. The van der Waals surface area contributed by atoms with Gasteiger partial charge in [-0.15, -0.1) is 0 Å². The van der Waals surface area contributed by atoms with Crippen molar-refractivity contribution in [2.45, 2.75) is 46.1 Å². The zero-order valence-corrected chi connectivity index (χ0v) is 11.8. The molecule has 0 spiro atoms. The van der Waals surface area contributed by atoms with E-state index in [9.17, 15) is 13.5 Å². The van der Waals surface area contributed by atoms with Gasteiger partial charge in [-0.1, -0.05) is 26.7 Å². The van der Waals surface area contributed by atoms with E-state index in [2.05, 4.69) is 0 Å². The van der Waals surface area contributed by atoms with Crippen LogP contribution in [-0.2, 0) is 10.0 Å².